The third kappa shape index (κ3) is 3.09. The highest BCUT2D eigenvalue weighted by Gasteiger charge is 2.26. The maximum absolute atomic E-state index is 10.1. The summed E-state index contributed by atoms with van der Waals surface area (Å²) >= 11 is 3.45. The first-order chi connectivity index (χ1) is 8.52. The summed E-state index contributed by atoms with van der Waals surface area (Å²) in [6.07, 6.45) is 4.17. The molecule has 0 saturated carbocycles. The maximum Gasteiger partial charge on any atom is 0.239 e. The average Bonchev–Trinajstić information content (AvgIpc) is 2.51. The third-order valence-corrected chi connectivity index (χ3v) is 3.78. The van der Waals surface area contributed by atoms with E-state index in [1.165, 1.54) is 0 Å². The summed E-state index contributed by atoms with van der Waals surface area (Å²) in [5, 5.41) is 10.1. The second-order valence-electron chi connectivity index (χ2n) is 4.85. The highest BCUT2D eigenvalue weighted by molar-refractivity contribution is 9.10. The fraction of sp³-hybridized carbons (Fsp3) is 0.636. The Hall–Kier alpha value is -0.920. The minimum absolute atomic E-state index is 0.393. The van der Waals surface area contributed by atoms with Crippen LogP contribution >= 0.6 is 15.9 Å². The number of nitrogens with one attached hydrogen (secondary N) is 1. The molecule has 2 heterocycles. The van der Waals surface area contributed by atoms with Crippen molar-refractivity contribution in [2.24, 2.45) is 5.84 Å². The van der Waals surface area contributed by atoms with Gasteiger partial charge in [-0.15, -0.1) is 0 Å². The van der Waals surface area contributed by atoms with Crippen molar-refractivity contribution in [3.8, 4) is 0 Å². The van der Waals surface area contributed by atoms with E-state index in [1.54, 1.807) is 6.20 Å². The number of rotatable bonds is 2. The molecule has 1 fully saturated rings. The summed E-state index contributed by atoms with van der Waals surface area (Å²) in [5.74, 6) is 6.53. The van der Waals surface area contributed by atoms with Crippen molar-refractivity contribution in [1.29, 1.82) is 0 Å². The molecule has 1 aliphatic rings. The Morgan fingerprint density at radius 3 is 3.00 bits per heavy atom. The van der Waals surface area contributed by atoms with E-state index < -0.39 is 5.60 Å². The molecular formula is C11H18BrN5O. The van der Waals surface area contributed by atoms with Crippen molar-refractivity contribution < 1.29 is 5.11 Å². The molecule has 0 spiro atoms. The quantitative estimate of drug-likeness (QED) is 0.562. The molecule has 1 aromatic rings. The molecule has 18 heavy (non-hydrogen) atoms. The molecule has 1 aromatic heterocycles. The van der Waals surface area contributed by atoms with Crippen molar-refractivity contribution in [1.82, 2.24) is 9.97 Å². The highest BCUT2D eigenvalue weighted by Crippen LogP contribution is 2.29. The zero-order valence-corrected chi connectivity index (χ0v) is 11.9. The SMILES string of the molecule is CC1(O)CCCN(c2nc(NN)ncc2Br)CC1. The van der Waals surface area contributed by atoms with E-state index in [0.29, 0.717) is 5.95 Å². The number of anilines is 2. The van der Waals surface area contributed by atoms with E-state index in [9.17, 15) is 5.11 Å². The van der Waals surface area contributed by atoms with E-state index in [-0.39, 0.29) is 0 Å². The van der Waals surface area contributed by atoms with Gasteiger partial charge in [-0.05, 0) is 42.1 Å². The monoisotopic (exact) mass is 315 g/mol. The number of halogens is 1. The molecule has 0 radical (unpaired) electrons. The van der Waals surface area contributed by atoms with Crippen LogP contribution in [0.4, 0.5) is 11.8 Å². The Bertz CT molecular complexity index is 426. The number of nitrogens with zero attached hydrogens (tertiary/aromatic N) is 3. The van der Waals surface area contributed by atoms with Crippen LogP contribution in [-0.2, 0) is 0 Å². The molecule has 2 rings (SSSR count). The van der Waals surface area contributed by atoms with Crippen LogP contribution in [0.3, 0.4) is 0 Å². The largest absolute Gasteiger partial charge is 0.390 e. The van der Waals surface area contributed by atoms with E-state index in [0.717, 1.165) is 42.6 Å². The van der Waals surface area contributed by atoms with Crippen molar-refractivity contribution in [3.63, 3.8) is 0 Å². The average molecular weight is 316 g/mol. The van der Waals surface area contributed by atoms with Crippen LogP contribution in [0, 0.1) is 0 Å². The molecule has 1 saturated heterocycles. The van der Waals surface area contributed by atoms with E-state index >= 15 is 0 Å². The maximum atomic E-state index is 10.1. The lowest BCUT2D eigenvalue weighted by molar-refractivity contribution is 0.0481. The Morgan fingerprint density at radius 1 is 1.50 bits per heavy atom. The summed E-state index contributed by atoms with van der Waals surface area (Å²) in [5.41, 5.74) is 1.87. The first-order valence-corrected chi connectivity index (χ1v) is 6.78. The fourth-order valence-electron chi connectivity index (χ4n) is 2.12. The summed E-state index contributed by atoms with van der Waals surface area (Å²) in [7, 11) is 0. The van der Waals surface area contributed by atoms with Crippen molar-refractivity contribution in [3.05, 3.63) is 10.7 Å². The van der Waals surface area contributed by atoms with Gasteiger partial charge >= 0.3 is 0 Å². The first kappa shape index (κ1) is 13.5. The Balaban J connectivity index is 2.20. The summed E-state index contributed by atoms with van der Waals surface area (Å²) in [4.78, 5) is 10.5. The van der Waals surface area contributed by atoms with Gasteiger partial charge < -0.3 is 10.0 Å². The van der Waals surface area contributed by atoms with Crippen LogP contribution < -0.4 is 16.2 Å². The summed E-state index contributed by atoms with van der Waals surface area (Å²) in [6, 6.07) is 0. The topological polar surface area (TPSA) is 87.3 Å². The summed E-state index contributed by atoms with van der Waals surface area (Å²) in [6.45, 7) is 3.53. The molecular weight excluding hydrogens is 298 g/mol. The minimum atomic E-state index is -0.580. The van der Waals surface area contributed by atoms with Gasteiger partial charge in [0, 0.05) is 19.3 Å². The lowest BCUT2D eigenvalue weighted by Crippen LogP contribution is -2.29. The van der Waals surface area contributed by atoms with Crippen LogP contribution in [0.25, 0.3) is 0 Å². The van der Waals surface area contributed by atoms with E-state index in [4.69, 9.17) is 5.84 Å². The number of hydrogen-bond donors (Lipinski definition) is 3. The Labute approximate surface area is 115 Å². The number of nitrogen functional groups attached to an aromatic ring is 1. The Morgan fingerprint density at radius 2 is 2.28 bits per heavy atom. The molecule has 6 nitrogen and oxygen atoms in total. The minimum Gasteiger partial charge on any atom is -0.390 e. The van der Waals surface area contributed by atoms with Gasteiger partial charge in [0.2, 0.25) is 5.95 Å². The van der Waals surface area contributed by atoms with E-state index in [1.807, 2.05) is 6.92 Å². The molecule has 0 aromatic carbocycles. The summed E-state index contributed by atoms with van der Waals surface area (Å²) < 4.78 is 0.836. The predicted molar refractivity (Wildman–Crippen MR) is 74.2 cm³/mol. The van der Waals surface area contributed by atoms with Crippen LogP contribution in [0.15, 0.2) is 10.7 Å². The van der Waals surface area contributed by atoms with E-state index in [2.05, 4.69) is 36.2 Å². The van der Waals surface area contributed by atoms with Gasteiger partial charge in [-0.2, -0.15) is 4.98 Å². The van der Waals surface area contributed by atoms with Gasteiger partial charge in [-0.3, -0.25) is 5.43 Å². The van der Waals surface area contributed by atoms with Crippen LogP contribution in [0.2, 0.25) is 0 Å². The van der Waals surface area contributed by atoms with Crippen molar-refractivity contribution in [2.45, 2.75) is 31.8 Å². The molecule has 1 aliphatic heterocycles. The molecule has 7 heteroatoms. The van der Waals surface area contributed by atoms with Crippen LogP contribution in [0.1, 0.15) is 26.2 Å². The zero-order valence-electron chi connectivity index (χ0n) is 10.4. The standard InChI is InChI=1S/C11H18BrN5O/c1-11(18)3-2-5-17(6-4-11)9-8(12)7-14-10(15-9)16-13/h7,18H,2-6,13H2,1H3,(H,14,15,16). The van der Waals surface area contributed by atoms with Gasteiger partial charge in [-0.25, -0.2) is 10.8 Å². The number of hydrazine groups is 1. The molecule has 4 N–H and O–H groups in total. The predicted octanol–water partition coefficient (Wildman–Crippen LogP) is 1.27. The zero-order chi connectivity index (χ0) is 13.2. The molecule has 0 bridgehead atoms. The number of aliphatic hydroxyl groups is 1. The lowest BCUT2D eigenvalue weighted by Gasteiger charge is -2.24. The van der Waals surface area contributed by atoms with Gasteiger partial charge in [0.25, 0.3) is 0 Å². The third-order valence-electron chi connectivity index (χ3n) is 3.22. The smallest absolute Gasteiger partial charge is 0.239 e. The van der Waals surface area contributed by atoms with Crippen LogP contribution in [-0.4, -0.2) is 33.8 Å². The van der Waals surface area contributed by atoms with Gasteiger partial charge in [0.15, 0.2) is 0 Å². The number of nitrogens with two attached hydrogens (primary N) is 1. The second kappa shape index (κ2) is 5.38. The number of aromatic nitrogens is 2. The number of hydrogen-bond acceptors (Lipinski definition) is 6. The molecule has 1 unspecified atom stereocenters. The highest BCUT2D eigenvalue weighted by atomic mass is 79.9. The normalized spacial score (nSPS) is 24.8. The van der Waals surface area contributed by atoms with Gasteiger partial charge in [0.05, 0.1) is 10.1 Å². The van der Waals surface area contributed by atoms with Crippen molar-refractivity contribution in [2.75, 3.05) is 23.4 Å². The molecule has 1 atom stereocenters. The Kier molecular flexibility index (Phi) is 4.04. The first-order valence-electron chi connectivity index (χ1n) is 5.98. The van der Waals surface area contributed by atoms with Crippen molar-refractivity contribution >= 4 is 27.7 Å². The molecule has 100 valence electrons. The lowest BCUT2D eigenvalue weighted by atomic mass is 9.98. The molecule has 0 aliphatic carbocycles. The second-order valence-corrected chi connectivity index (χ2v) is 5.70. The van der Waals surface area contributed by atoms with Crippen LogP contribution in [0.5, 0.6) is 0 Å². The molecule has 0 amide bonds. The van der Waals surface area contributed by atoms with Gasteiger partial charge in [-0.1, -0.05) is 0 Å². The fourth-order valence-corrected chi connectivity index (χ4v) is 2.57. The van der Waals surface area contributed by atoms with Gasteiger partial charge in [0.1, 0.15) is 5.82 Å².